The Balaban J connectivity index is 2.01. The fraction of sp³-hybridized carbons (Fsp3) is 0.250. The van der Waals surface area contributed by atoms with Gasteiger partial charge in [0.25, 0.3) is 0 Å². The molecule has 0 aliphatic heterocycles. The molecule has 0 aliphatic rings. The molecule has 6 heteroatoms. The highest BCUT2D eigenvalue weighted by Gasteiger charge is 2.16. The fourth-order valence-corrected chi connectivity index (χ4v) is 2.60. The number of amides is 1. The van der Waals surface area contributed by atoms with Crippen LogP contribution in [0.1, 0.15) is 25.8 Å². The molecule has 0 bridgehead atoms. The molecule has 0 radical (unpaired) electrons. The first-order valence-electron chi connectivity index (χ1n) is 8.68. The molecule has 0 atom stereocenters. The average Bonchev–Trinajstić information content (AvgIpc) is 3.06. The summed E-state index contributed by atoms with van der Waals surface area (Å²) in [6, 6.07) is 15.9. The maximum Gasteiger partial charge on any atom is 0.336 e. The molecule has 1 amide bonds. The minimum atomic E-state index is -0.0160. The minimum absolute atomic E-state index is 0.0160. The van der Waals surface area contributed by atoms with Gasteiger partial charge in [0, 0.05) is 17.7 Å². The number of aromatic nitrogens is 3. The summed E-state index contributed by atoms with van der Waals surface area (Å²) in [5.74, 6) is 0.703. The van der Waals surface area contributed by atoms with E-state index in [1.165, 1.54) is 0 Å². The first-order chi connectivity index (χ1) is 12.6. The van der Waals surface area contributed by atoms with Gasteiger partial charge in [-0.1, -0.05) is 31.2 Å². The van der Waals surface area contributed by atoms with E-state index in [1.807, 2.05) is 69.3 Å². The number of nitrogens with one attached hydrogen (secondary N) is 1. The van der Waals surface area contributed by atoms with Crippen LogP contribution in [-0.4, -0.2) is 27.3 Å². The van der Waals surface area contributed by atoms with E-state index in [-0.39, 0.29) is 5.91 Å². The maximum atomic E-state index is 11.5. The number of rotatable bonds is 6. The normalized spacial score (nSPS) is 10.6. The maximum absolute atomic E-state index is 11.5. The summed E-state index contributed by atoms with van der Waals surface area (Å²) in [6.45, 7) is 6.26. The highest BCUT2D eigenvalue weighted by Crippen LogP contribution is 2.26. The van der Waals surface area contributed by atoms with Gasteiger partial charge in [-0.05, 0) is 43.7 Å². The number of hydrogen-bond donors (Lipinski definition) is 1. The zero-order valence-electron chi connectivity index (χ0n) is 15.2. The van der Waals surface area contributed by atoms with E-state index in [1.54, 1.807) is 4.68 Å². The van der Waals surface area contributed by atoms with Crippen LogP contribution in [0.15, 0.2) is 48.5 Å². The Morgan fingerprint density at radius 1 is 1.12 bits per heavy atom. The van der Waals surface area contributed by atoms with Crippen molar-refractivity contribution in [2.75, 3.05) is 11.9 Å². The molecule has 0 spiro atoms. The third-order valence-corrected chi connectivity index (χ3v) is 3.96. The third kappa shape index (κ3) is 3.74. The van der Waals surface area contributed by atoms with Gasteiger partial charge < -0.3 is 10.1 Å². The van der Waals surface area contributed by atoms with E-state index < -0.39 is 0 Å². The number of ether oxygens (including phenoxy) is 1. The Morgan fingerprint density at radius 3 is 2.50 bits per heavy atom. The second kappa shape index (κ2) is 7.82. The zero-order valence-corrected chi connectivity index (χ0v) is 15.2. The summed E-state index contributed by atoms with van der Waals surface area (Å²) in [4.78, 5) is 16.1. The standard InChI is InChI=1S/C20H22N4O2/c1-4-18(25)21-15-10-12-16(13-11-15)24-19(22-20(23-24)26-5-2)17-9-7-6-8-14(17)3/h6-13H,4-5H2,1-3H3,(H,21,25). The van der Waals surface area contributed by atoms with Crippen molar-refractivity contribution in [3.8, 4) is 23.1 Å². The van der Waals surface area contributed by atoms with Crippen LogP contribution in [0, 0.1) is 6.92 Å². The van der Waals surface area contributed by atoms with Gasteiger partial charge in [0.1, 0.15) is 0 Å². The first kappa shape index (κ1) is 17.7. The van der Waals surface area contributed by atoms with Gasteiger partial charge in [0.15, 0.2) is 5.82 Å². The summed E-state index contributed by atoms with van der Waals surface area (Å²) in [7, 11) is 0. The molecule has 6 nitrogen and oxygen atoms in total. The van der Waals surface area contributed by atoms with Crippen molar-refractivity contribution in [2.24, 2.45) is 0 Å². The lowest BCUT2D eigenvalue weighted by Crippen LogP contribution is -2.09. The predicted octanol–water partition coefficient (Wildman–Crippen LogP) is 3.99. The molecule has 26 heavy (non-hydrogen) atoms. The van der Waals surface area contributed by atoms with Crippen molar-refractivity contribution in [1.29, 1.82) is 0 Å². The van der Waals surface area contributed by atoms with Crippen LogP contribution in [0.3, 0.4) is 0 Å². The number of nitrogens with zero attached hydrogens (tertiary/aromatic N) is 3. The van der Waals surface area contributed by atoms with Crippen molar-refractivity contribution in [2.45, 2.75) is 27.2 Å². The number of hydrogen-bond acceptors (Lipinski definition) is 4. The van der Waals surface area contributed by atoms with Crippen LogP contribution in [0.4, 0.5) is 5.69 Å². The van der Waals surface area contributed by atoms with Gasteiger partial charge >= 0.3 is 6.01 Å². The molecular weight excluding hydrogens is 328 g/mol. The molecule has 0 saturated heterocycles. The first-order valence-corrected chi connectivity index (χ1v) is 8.68. The van der Waals surface area contributed by atoms with Crippen LogP contribution in [0.25, 0.3) is 17.1 Å². The van der Waals surface area contributed by atoms with Gasteiger partial charge in [-0.25, -0.2) is 4.68 Å². The minimum Gasteiger partial charge on any atom is -0.463 e. The summed E-state index contributed by atoms with van der Waals surface area (Å²) in [5, 5.41) is 7.33. The largest absolute Gasteiger partial charge is 0.463 e. The Morgan fingerprint density at radius 2 is 1.85 bits per heavy atom. The average molecular weight is 350 g/mol. The topological polar surface area (TPSA) is 69.0 Å². The van der Waals surface area contributed by atoms with Gasteiger partial charge in [0.05, 0.1) is 12.3 Å². The molecule has 2 aromatic carbocycles. The van der Waals surface area contributed by atoms with E-state index in [2.05, 4.69) is 15.4 Å². The molecule has 0 aliphatic carbocycles. The second-order valence-corrected chi connectivity index (χ2v) is 5.83. The molecule has 134 valence electrons. The summed E-state index contributed by atoms with van der Waals surface area (Å²) < 4.78 is 7.26. The SMILES string of the molecule is CCOc1nc(-c2ccccc2C)n(-c2ccc(NC(=O)CC)cc2)n1. The zero-order chi connectivity index (χ0) is 18.5. The summed E-state index contributed by atoms with van der Waals surface area (Å²) in [5.41, 5.74) is 3.70. The number of benzene rings is 2. The van der Waals surface area contributed by atoms with E-state index >= 15 is 0 Å². The summed E-state index contributed by atoms with van der Waals surface area (Å²) in [6.07, 6.45) is 0.444. The molecule has 0 unspecified atom stereocenters. The lowest BCUT2D eigenvalue weighted by molar-refractivity contribution is -0.115. The van der Waals surface area contributed by atoms with E-state index in [0.29, 0.717) is 19.0 Å². The molecule has 1 heterocycles. The second-order valence-electron chi connectivity index (χ2n) is 5.83. The van der Waals surface area contributed by atoms with E-state index in [0.717, 1.165) is 28.3 Å². The third-order valence-electron chi connectivity index (χ3n) is 3.96. The highest BCUT2D eigenvalue weighted by atomic mass is 16.5. The van der Waals surface area contributed by atoms with Gasteiger partial charge in [-0.3, -0.25) is 4.79 Å². The van der Waals surface area contributed by atoms with E-state index in [9.17, 15) is 4.79 Å². The van der Waals surface area contributed by atoms with Crippen LogP contribution in [-0.2, 0) is 4.79 Å². The Bertz CT molecular complexity index is 900. The van der Waals surface area contributed by atoms with Crippen molar-refractivity contribution in [3.63, 3.8) is 0 Å². The predicted molar refractivity (Wildman–Crippen MR) is 102 cm³/mol. The number of aryl methyl sites for hydroxylation is 1. The Labute approximate surface area is 152 Å². The Hall–Kier alpha value is -3.15. The monoisotopic (exact) mass is 350 g/mol. The van der Waals surface area contributed by atoms with Crippen molar-refractivity contribution in [1.82, 2.24) is 14.8 Å². The molecule has 1 aromatic heterocycles. The van der Waals surface area contributed by atoms with E-state index in [4.69, 9.17) is 4.74 Å². The lowest BCUT2D eigenvalue weighted by atomic mass is 10.1. The Kier molecular flexibility index (Phi) is 5.31. The van der Waals surface area contributed by atoms with Crippen molar-refractivity contribution in [3.05, 3.63) is 54.1 Å². The van der Waals surface area contributed by atoms with Crippen LogP contribution < -0.4 is 10.1 Å². The number of anilines is 1. The molecular formula is C20H22N4O2. The highest BCUT2D eigenvalue weighted by molar-refractivity contribution is 5.90. The quantitative estimate of drug-likeness (QED) is 0.730. The molecule has 0 saturated carbocycles. The van der Waals surface area contributed by atoms with Crippen LogP contribution in [0.5, 0.6) is 6.01 Å². The van der Waals surface area contributed by atoms with Crippen molar-refractivity contribution < 1.29 is 9.53 Å². The van der Waals surface area contributed by atoms with Crippen LogP contribution in [0.2, 0.25) is 0 Å². The molecule has 0 fully saturated rings. The van der Waals surface area contributed by atoms with Gasteiger partial charge in [-0.2, -0.15) is 4.98 Å². The number of carbonyl (C=O) groups is 1. The smallest absolute Gasteiger partial charge is 0.336 e. The lowest BCUT2D eigenvalue weighted by Gasteiger charge is -2.09. The van der Waals surface area contributed by atoms with Crippen LogP contribution >= 0.6 is 0 Å². The number of carbonyl (C=O) groups excluding carboxylic acids is 1. The van der Waals surface area contributed by atoms with Gasteiger partial charge in [-0.15, -0.1) is 5.10 Å². The van der Waals surface area contributed by atoms with Gasteiger partial charge in [0.2, 0.25) is 5.91 Å². The van der Waals surface area contributed by atoms with Crippen molar-refractivity contribution >= 4 is 11.6 Å². The fourth-order valence-electron chi connectivity index (χ4n) is 2.60. The molecule has 1 N–H and O–H groups in total. The summed E-state index contributed by atoms with van der Waals surface area (Å²) >= 11 is 0. The molecule has 3 rings (SSSR count). The molecule has 3 aromatic rings.